The Morgan fingerprint density at radius 1 is 1.07 bits per heavy atom. The summed E-state index contributed by atoms with van der Waals surface area (Å²) in [5.41, 5.74) is 3.50. The molecule has 0 bridgehead atoms. The number of hydrogen-bond donors (Lipinski definition) is 2. The van der Waals surface area contributed by atoms with Crippen molar-refractivity contribution in [1.29, 1.82) is 0 Å². The van der Waals surface area contributed by atoms with E-state index in [9.17, 15) is 10.2 Å². The summed E-state index contributed by atoms with van der Waals surface area (Å²) in [7, 11) is 0. The molecule has 0 radical (unpaired) electrons. The first-order valence-electron chi connectivity index (χ1n) is 12.2. The molecule has 2 heteroatoms. The highest BCUT2D eigenvalue weighted by atomic mass is 16.3. The van der Waals surface area contributed by atoms with E-state index in [1.54, 1.807) is 5.57 Å². The third-order valence-corrected chi connectivity index (χ3v) is 8.73. The van der Waals surface area contributed by atoms with Crippen molar-refractivity contribution in [2.45, 2.75) is 97.7 Å². The molecule has 168 valence electrons. The highest BCUT2D eigenvalue weighted by molar-refractivity contribution is 5.37. The molecule has 0 amide bonds. The summed E-state index contributed by atoms with van der Waals surface area (Å²) in [6.07, 6.45) is 18.3. The van der Waals surface area contributed by atoms with Crippen molar-refractivity contribution in [2.24, 2.45) is 29.1 Å². The zero-order valence-corrected chi connectivity index (χ0v) is 20.0. The number of fused-ring (bicyclic) bond motifs is 1. The molecule has 3 aliphatic carbocycles. The topological polar surface area (TPSA) is 40.5 Å². The van der Waals surface area contributed by atoms with Crippen LogP contribution in [-0.4, -0.2) is 21.9 Å². The van der Waals surface area contributed by atoms with Gasteiger partial charge in [-0.05, 0) is 99.5 Å². The van der Waals surface area contributed by atoms with Crippen LogP contribution in [0.4, 0.5) is 0 Å². The third kappa shape index (κ3) is 4.86. The van der Waals surface area contributed by atoms with Crippen LogP contribution < -0.4 is 0 Å². The van der Waals surface area contributed by atoms with E-state index in [0.29, 0.717) is 23.2 Å². The van der Waals surface area contributed by atoms with Gasteiger partial charge in [0.05, 0.1) is 11.7 Å². The van der Waals surface area contributed by atoms with Crippen molar-refractivity contribution >= 4 is 0 Å². The predicted molar refractivity (Wildman–Crippen MR) is 127 cm³/mol. The highest BCUT2D eigenvalue weighted by Gasteiger charge is 2.50. The van der Waals surface area contributed by atoms with Gasteiger partial charge in [-0.1, -0.05) is 57.2 Å². The molecule has 6 atom stereocenters. The summed E-state index contributed by atoms with van der Waals surface area (Å²) < 4.78 is 0. The minimum absolute atomic E-state index is 0.164. The number of rotatable bonds is 5. The lowest BCUT2D eigenvalue weighted by molar-refractivity contribution is 0.0436. The Morgan fingerprint density at radius 2 is 1.80 bits per heavy atom. The van der Waals surface area contributed by atoms with E-state index in [2.05, 4.69) is 51.7 Å². The fraction of sp³-hybridized carbons (Fsp3) is 0.714. The molecule has 3 saturated carbocycles. The standard InChI is InChI=1S/C28H44O2/c1-19(12-13-20(2)27(4,5)30)24-16-17-25-23(10-8-18-28(24,25)6)15-14-22-9-7-11-26(29)21(22)3/h12-15,19-20,24-26,29-30H,3,7-11,16-18H2,1-2,4-6H3/b13-12+,22-14-,23-15+. The van der Waals surface area contributed by atoms with Crippen molar-refractivity contribution < 1.29 is 10.2 Å². The summed E-state index contributed by atoms with van der Waals surface area (Å²) in [6.45, 7) is 14.9. The monoisotopic (exact) mass is 412 g/mol. The SMILES string of the molecule is C=C1/C(=C\C=C2/CCCC3(C)C2CCC3C(C)/C=C/C(C)C(C)(C)O)CCCC1O. The summed E-state index contributed by atoms with van der Waals surface area (Å²) in [5.74, 6) is 2.08. The van der Waals surface area contributed by atoms with Crippen LogP contribution in [0.25, 0.3) is 0 Å². The first-order valence-corrected chi connectivity index (χ1v) is 12.2. The van der Waals surface area contributed by atoms with Gasteiger partial charge in [-0.15, -0.1) is 0 Å². The Morgan fingerprint density at radius 3 is 2.50 bits per heavy atom. The fourth-order valence-corrected chi connectivity index (χ4v) is 6.29. The molecule has 30 heavy (non-hydrogen) atoms. The van der Waals surface area contributed by atoms with Crippen molar-refractivity contribution in [1.82, 2.24) is 0 Å². The Balaban J connectivity index is 1.75. The molecule has 3 rings (SSSR count). The number of allylic oxidation sites excluding steroid dienone is 4. The number of aliphatic hydroxyl groups excluding tert-OH is 1. The van der Waals surface area contributed by atoms with Gasteiger partial charge < -0.3 is 10.2 Å². The maximum absolute atomic E-state index is 10.3. The Hall–Kier alpha value is -1.12. The molecule has 0 aromatic heterocycles. The summed E-state index contributed by atoms with van der Waals surface area (Å²) in [5, 5.41) is 20.4. The van der Waals surface area contributed by atoms with Crippen LogP contribution >= 0.6 is 0 Å². The van der Waals surface area contributed by atoms with Crippen LogP contribution in [0.5, 0.6) is 0 Å². The van der Waals surface area contributed by atoms with Gasteiger partial charge in [-0.25, -0.2) is 0 Å². The molecule has 0 saturated heterocycles. The third-order valence-electron chi connectivity index (χ3n) is 8.73. The molecule has 2 nitrogen and oxygen atoms in total. The lowest BCUT2D eigenvalue weighted by atomic mass is 9.61. The second-order valence-electron chi connectivity index (χ2n) is 11.1. The van der Waals surface area contributed by atoms with E-state index in [1.807, 2.05) is 13.8 Å². The maximum Gasteiger partial charge on any atom is 0.0787 e. The van der Waals surface area contributed by atoms with Gasteiger partial charge in [0.15, 0.2) is 0 Å². The van der Waals surface area contributed by atoms with Crippen LogP contribution in [0.2, 0.25) is 0 Å². The van der Waals surface area contributed by atoms with Crippen LogP contribution in [-0.2, 0) is 0 Å². The maximum atomic E-state index is 10.3. The fourth-order valence-electron chi connectivity index (χ4n) is 6.29. The minimum atomic E-state index is -0.663. The first-order chi connectivity index (χ1) is 14.0. The molecule has 0 aromatic rings. The summed E-state index contributed by atoms with van der Waals surface area (Å²) in [4.78, 5) is 0. The van der Waals surface area contributed by atoms with Crippen molar-refractivity contribution in [3.63, 3.8) is 0 Å². The van der Waals surface area contributed by atoms with E-state index in [1.165, 1.54) is 37.7 Å². The molecule has 2 N–H and O–H groups in total. The number of hydrogen-bond acceptors (Lipinski definition) is 2. The molecule has 0 aromatic carbocycles. The Bertz CT molecular complexity index is 719. The van der Waals surface area contributed by atoms with E-state index < -0.39 is 5.60 Å². The second-order valence-corrected chi connectivity index (χ2v) is 11.1. The molecule has 3 fully saturated rings. The van der Waals surface area contributed by atoms with E-state index in [0.717, 1.165) is 24.8 Å². The van der Waals surface area contributed by atoms with Gasteiger partial charge in [-0.2, -0.15) is 0 Å². The van der Waals surface area contributed by atoms with Crippen LogP contribution in [0.1, 0.15) is 86.0 Å². The van der Waals surface area contributed by atoms with Crippen LogP contribution in [0.15, 0.2) is 47.6 Å². The molecular weight excluding hydrogens is 368 g/mol. The molecular formula is C28H44O2. The predicted octanol–water partition coefficient (Wildman–Crippen LogP) is 6.76. The Kier molecular flexibility index (Phi) is 7.19. The van der Waals surface area contributed by atoms with E-state index in [-0.39, 0.29) is 12.0 Å². The van der Waals surface area contributed by atoms with E-state index in [4.69, 9.17) is 0 Å². The van der Waals surface area contributed by atoms with Gasteiger partial charge in [-0.3, -0.25) is 0 Å². The molecule has 0 aliphatic heterocycles. The summed E-state index contributed by atoms with van der Waals surface area (Å²) in [6, 6.07) is 0. The normalized spacial score (nSPS) is 37.7. The lowest BCUT2D eigenvalue weighted by Crippen LogP contribution is -2.35. The van der Waals surface area contributed by atoms with Crippen LogP contribution in [0, 0.1) is 29.1 Å². The minimum Gasteiger partial charge on any atom is -0.390 e. The molecule has 0 heterocycles. The van der Waals surface area contributed by atoms with Gasteiger partial charge in [0.2, 0.25) is 0 Å². The number of aliphatic hydroxyl groups is 2. The van der Waals surface area contributed by atoms with Gasteiger partial charge in [0, 0.05) is 5.92 Å². The first kappa shape index (κ1) is 23.5. The van der Waals surface area contributed by atoms with Crippen molar-refractivity contribution in [3.8, 4) is 0 Å². The van der Waals surface area contributed by atoms with Crippen molar-refractivity contribution in [2.75, 3.05) is 0 Å². The van der Waals surface area contributed by atoms with Gasteiger partial charge in [0.25, 0.3) is 0 Å². The average Bonchev–Trinajstić information content (AvgIpc) is 3.03. The highest BCUT2D eigenvalue weighted by Crippen LogP contribution is 2.59. The van der Waals surface area contributed by atoms with Gasteiger partial charge >= 0.3 is 0 Å². The molecule has 0 spiro atoms. The quantitative estimate of drug-likeness (QED) is 0.490. The molecule has 3 aliphatic rings. The largest absolute Gasteiger partial charge is 0.390 e. The van der Waals surface area contributed by atoms with Crippen LogP contribution in [0.3, 0.4) is 0 Å². The average molecular weight is 413 g/mol. The second kappa shape index (κ2) is 9.17. The van der Waals surface area contributed by atoms with Gasteiger partial charge in [0.1, 0.15) is 0 Å². The Labute approximate surface area is 184 Å². The zero-order valence-electron chi connectivity index (χ0n) is 20.0. The lowest BCUT2D eigenvalue weighted by Gasteiger charge is -2.44. The molecule has 6 unspecified atom stereocenters. The summed E-state index contributed by atoms with van der Waals surface area (Å²) >= 11 is 0. The van der Waals surface area contributed by atoms with E-state index >= 15 is 0 Å². The zero-order chi connectivity index (χ0) is 22.1. The smallest absolute Gasteiger partial charge is 0.0787 e. The van der Waals surface area contributed by atoms with Crippen molar-refractivity contribution in [3.05, 3.63) is 47.6 Å².